The van der Waals surface area contributed by atoms with Gasteiger partial charge in [-0.2, -0.15) is 0 Å². The molecular formula is C16H23N3O2. The molecule has 1 fully saturated rings. The molecule has 0 unspecified atom stereocenters. The maximum Gasteiger partial charge on any atom is 0.227 e. The Kier molecular flexibility index (Phi) is 5.33. The molecule has 1 aliphatic heterocycles. The highest BCUT2D eigenvalue weighted by Crippen LogP contribution is 2.21. The minimum absolute atomic E-state index is 0.133. The summed E-state index contributed by atoms with van der Waals surface area (Å²) in [5.41, 5.74) is 12.9. The number of rotatable bonds is 5. The molecule has 2 amide bonds. The Morgan fingerprint density at radius 1 is 1.14 bits per heavy atom. The maximum atomic E-state index is 12.4. The highest BCUT2D eigenvalue weighted by molar-refractivity contribution is 5.79. The van der Waals surface area contributed by atoms with Gasteiger partial charge < -0.3 is 16.4 Å². The summed E-state index contributed by atoms with van der Waals surface area (Å²) in [6.07, 6.45) is 2.53. The van der Waals surface area contributed by atoms with Gasteiger partial charge in [-0.1, -0.05) is 24.3 Å². The first-order valence-electron chi connectivity index (χ1n) is 7.43. The number of hydrogen-bond donors (Lipinski definition) is 2. The number of primary amides is 1. The van der Waals surface area contributed by atoms with Crippen molar-refractivity contribution in [2.75, 3.05) is 13.1 Å². The van der Waals surface area contributed by atoms with Crippen molar-refractivity contribution in [3.05, 3.63) is 35.4 Å². The van der Waals surface area contributed by atoms with Crippen LogP contribution in [0.4, 0.5) is 0 Å². The number of carbonyl (C=O) groups excluding carboxylic acids is 2. The number of benzene rings is 1. The fraction of sp³-hybridized carbons (Fsp3) is 0.500. The monoisotopic (exact) mass is 289 g/mol. The molecule has 0 saturated carbocycles. The van der Waals surface area contributed by atoms with E-state index in [-0.39, 0.29) is 11.8 Å². The van der Waals surface area contributed by atoms with Crippen LogP contribution in [0.5, 0.6) is 0 Å². The van der Waals surface area contributed by atoms with Crippen LogP contribution in [0.3, 0.4) is 0 Å². The van der Waals surface area contributed by atoms with Gasteiger partial charge in [-0.25, -0.2) is 0 Å². The average Bonchev–Trinajstić information content (AvgIpc) is 2.48. The average molecular weight is 289 g/mol. The lowest BCUT2D eigenvalue weighted by Crippen LogP contribution is -2.40. The van der Waals surface area contributed by atoms with Crippen molar-refractivity contribution in [3.8, 4) is 0 Å². The highest BCUT2D eigenvalue weighted by atomic mass is 16.2. The summed E-state index contributed by atoms with van der Waals surface area (Å²) in [5.74, 6) is 0.202. The van der Waals surface area contributed by atoms with Crippen LogP contribution in [-0.4, -0.2) is 29.8 Å². The van der Waals surface area contributed by atoms with Gasteiger partial charge in [0, 0.05) is 26.1 Å². The molecule has 1 aromatic carbocycles. The Labute approximate surface area is 125 Å². The molecule has 4 N–H and O–H groups in total. The molecule has 1 aromatic rings. The molecular weight excluding hydrogens is 266 g/mol. The lowest BCUT2D eigenvalue weighted by atomic mass is 9.93. The number of likely N-dealkylation sites (tertiary alicyclic amines) is 1. The van der Waals surface area contributed by atoms with Gasteiger partial charge >= 0.3 is 0 Å². The Hall–Kier alpha value is -1.88. The minimum atomic E-state index is -0.253. The molecule has 2 rings (SSSR count). The van der Waals surface area contributed by atoms with Crippen LogP contribution in [-0.2, 0) is 22.6 Å². The second-order valence-corrected chi connectivity index (χ2v) is 5.64. The number of nitrogens with zero attached hydrogens (tertiary/aromatic N) is 1. The van der Waals surface area contributed by atoms with Gasteiger partial charge in [0.2, 0.25) is 11.8 Å². The zero-order chi connectivity index (χ0) is 15.2. The lowest BCUT2D eigenvalue weighted by Gasteiger charge is -2.31. The summed E-state index contributed by atoms with van der Waals surface area (Å²) >= 11 is 0. The molecule has 21 heavy (non-hydrogen) atoms. The first-order chi connectivity index (χ1) is 10.1. The Morgan fingerprint density at radius 3 is 2.33 bits per heavy atom. The van der Waals surface area contributed by atoms with Crippen molar-refractivity contribution in [1.29, 1.82) is 0 Å². The molecule has 0 spiro atoms. The van der Waals surface area contributed by atoms with E-state index in [4.69, 9.17) is 11.5 Å². The zero-order valence-electron chi connectivity index (χ0n) is 12.3. The Morgan fingerprint density at radius 2 is 1.76 bits per heavy atom. The molecule has 0 aliphatic carbocycles. The van der Waals surface area contributed by atoms with Crippen molar-refractivity contribution in [2.45, 2.75) is 32.2 Å². The van der Waals surface area contributed by atoms with Crippen LogP contribution < -0.4 is 11.5 Å². The first-order valence-corrected chi connectivity index (χ1v) is 7.43. The maximum absolute atomic E-state index is 12.4. The molecule has 5 nitrogen and oxygen atoms in total. The number of hydrogen-bond acceptors (Lipinski definition) is 3. The summed E-state index contributed by atoms with van der Waals surface area (Å²) < 4.78 is 0. The number of amides is 2. The van der Waals surface area contributed by atoms with Gasteiger partial charge in [0.25, 0.3) is 0 Å². The second-order valence-electron chi connectivity index (χ2n) is 5.64. The van der Waals surface area contributed by atoms with Crippen molar-refractivity contribution < 1.29 is 9.59 Å². The van der Waals surface area contributed by atoms with E-state index in [1.807, 2.05) is 29.2 Å². The highest BCUT2D eigenvalue weighted by Gasteiger charge is 2.24. The molecule has 1 aliphatic rings. The smallest absolute Gasteiger partial charge is 0.227 e. The summed E-state index contributed by atoms with van der Waals surface area (Å²) in [5, 5.41) is 0. The molecule has 114 valence electrons. The number of nitrogens with two attached hydrogens (primary N) is 2. The SMILES string of the molecule is NCc1ccccc1CC(=O)N1CCC(CC(N)=O)CC1. The largest absolute Gasteiger partial charge is 0.370 e. The topological polar surface area (TPSA) is 89.4 Å². The number of carbonyl (C=O) groups is 2. The van der Waals surface area contributed by atoms with E-state index in [1.54, 1.807) is 0 Å². The predicted molar refractivity (Wildman–Crippen MR) is 81.2 cm³/mol. The van der Waals surface area contributed by atoms with E-state index in [0.29, 0.717) is 38.4 Å². The van der Waals surface area contributed by atoms with E-state index < -0.39 is 0 Å². The molecule has 0 aromatic heterocycles. The third kappa shape index (κ3) is 4.29. The van der Waals surface area contributed by atoms with Crippen molar-refractivity contribution in [1.82, 2.24) is 4.90 Å². The molecule has 0 radical (unpaired) electrons. The van der Waals surface area contributed by atoms with Crippen LogP contribution in [0, 0.1) is 5.92 Å². The van der Waals surface area contributed by atoms with Gasteiger partial charge in [0.15, 0.2) is 0 Å². The summed E-state index contributed by atoms with van der Waals surface area (Å²) in [4.78, 5) is 25.2. The van der Waals surface area contributed by atoms with Gasteiger partial charge in [0.1, 0.15) is 0 Å². The van der Waals surface area contributed by atoms with Crippen LogP contribution in [0.2, 0.25) is 0 Å². The van der Waals surface area contributed by atoms with Crippen molar-refractivity contribution >= 4 is 11.8 Å². The standard InChI is InChI=1S/C16H23N3O2/c17-11-14-4-2-1-3-13(14)10-16(21)19-7-5-12(6-8-19)9-15(18)20/h1-4,12H,5-11,17H2,(H2,18,20). The fourth-order valence-corrected chi connectivity index (χ4v) is 2.87. The summed E-state index contributed by atoms with van der Waals surface area (Å²) in [7, 11) is 0. The molecule has 5 heteroatoms. The van der Waals surface area contributed by atoms with Crippen molar-refractivity contribution in [3.63, 3.8) is 0 Å². The quantitative estimate of drug-likeness (QED) is 0.840. The van der Waals surface area contributed by atoms with Gasteiger partial charge in [-0.05, 0) is 29.9 Å². The van der Waals surface area contributed by atoms with E-state index in [9.17, 15) is 9.59 Å². The van der Waals surface area contributed by atoms with Gasteiger partial charge in [0.05, 0.1) is 6.42 Å². The van der Waals surface area contributed by atoms with Crippen LogP contribution >= 0.6 is 0 Å². The fourth-order valence-electron chi connectivity index (χ4n) is 2.87. The van der Waals surface area contributed by atoms with Crippen LogP contribution in [0.25, 0.3) is 0 Å². The normalized spacial score (nSPS) is 16.0. The molecule has 1 heterocycles. The van der Waals surface area contributed by atoms with Crippen LogP contribution in [0.1, 0.15) is 30.4 Å². The third-order valence-corrected chi connectivity index (χ3v) is 4.14. The summed E-state index contributed by atoms with van der Waals surface area (Å²) in [6.45, 7) is 1.87. The molecule has 0 atom stereocenters. The van der Waals surface area contributed by atoms with Gasteiger partial charge in [-0.15, -0.1) is 0 Å². The van der Waals surface area contributed by atoms with Gasteiger partial charge in [-0.3, -0.25) is 9.59 Å². The predicted octanol–water partition coefficient (Wildman–Crippen LogP) is 0.802. The minimum Gasteiger partial charge on any atom is -0.370 e. The molecule has 0 bridgehead atoms. The lowest BCUT2D eigenvalue weighted by molar-refractivity contribution is -0.132. The third-order valence-electron chi connectivity index (χ3n) is 4.14. The van der Waals surface area contributed by atoms with Crippen molar-refractivity contribution in [2.24, 2.45) is 17.4 Å². The number of piperidine rings is 1. The second kappa shape index (κ2) is 7.22. The zero-order valence-corrected chi connectivity index (χ0v) is 12.3. The van der Waals surface area contributed by atoms with E-state index in [0.717, 1.165) is 24.0 Å². The summed E-state index contributed by atoms with van der Waals surface area (Å²) in [6, 6.07) is 7.79. The Bertz CT molecular complexity index is 508. The van der Waals surface area contributed by atoms with E-state index in [2.05, 4.69) is 0 Å². The van der Waals surface area contributed by atoms with E-state index in [1.165, 1.54) is 0 Å². The Balaban J connectivity index is 1.89. The molecule has 1 saturated heterocycles. The first kappa shape index (κ1) is 15.5. The van der Waals surface area contributed by atoms with E-state index >= 15 is 0 Å². The van der Waals surface area contributed by atoms with Crippen LogP contribution in [0.15, 0.2) is 24.3 Å².